The van der Waals surface area contributed by atoms with Crippen LogP contribution in [0.4, 0.5) is 0 Å². The topological polar surface area (TPSA) is 27.3 Å². The lowest BCUT2D eigenvalue weighted by Gasteiger charge is -2.27. The van der Waals surface area contributed by atoms with Crippen molar-refractivity contribution in [3.05, 3.63) is 193 Å². The van der Waals surface area contributed by atoms with Crippen molar-refractivity contribution in [3.8, 4) is 67.1 Å². The van der Waals surface area contributed by atoms with E-state index in [1.54, 1.807) is 0 Å². The Hall–Kier alpha value is -7.36. The number of ether oxygens (including phenoxy) is 1. The van der Waals surface area contributed by atoms with E-state index in [4.69, 9.17) is 9.15 Å². The summed E-state index contributed by atoms with van der Waals surface area (Å²) in [7, 11) is 0. The average molecular weight is 740 g/mol. The van der Waals surface area contributed by atoms with Gasteiger partial charge in [-0.2, -0.15) is 0 Å². The van der Waals surface area contributed by atoms with Gasteiger partial charge >= 0.3 is 0 Å². The van der Waals surface area contributed by atoms with Crippen molar-refractivity contribution in [1.29, 1.82) is 0 Å². The van der Waals surface area contributed by atoms with Crippen LogP contribution in [0.2, 0.25) is 0 Å². The van der Waals surface area contributed by atoms with Crippen LogP contribution in [0, 0.1) is 0 Å². The van der Waals surface area contributed by atoms with Crippen molar-refractivity contribution < 1.29 is 9.15 Å². The maximum absolute atomic E-state index is 6.80. The van der Waals surface area contributed by atoms with Crippen molar-refractivity contribution in [1.82, 2.24) is 4.57 Å². The van der Waals surface area contributed by atoms with Crippen molar-refractivity contribution in [2.75, 3.05) is 0 Å². The molecule has 0 amide bonds. The molecule has 10 aromatic rings. The Balaban J connectivity index is 1.21. The monoisotopic (exact) mass is 739 g/mol. The van der Waals surface area contributed by atoms with Gasteiger partial charge in [0.1, 0.15) is 23.0 Å². The van der Waals surface area contributed by atoms with Crippen LogP contribution in [0.5, 0.6) is 5.75 Å². The Morgan fingerprint density at radius 3 is 2.17 bits per heavy atom. The van der Waals surface area contributed by atoms with Crippen LogP contribution >= 0.6 is 0 Å². The summed E-state index contributed by atoms with van der Waals surface area (Å²) in [6.45, 7) is 0. The third kappa shape index (κ3) is 3.98. The molecule has 8 aromatic carbocycles. The molecule has 2 atom stereocenters. The van der Waals surface area contributed by atoms with Gasteiger partial charge in [0, 0.05) is 44.3 Å². The molecule has 0 spiro atoms. The average Bonchev–Trinajstić information content (AvgIpc) is 4.03. The smallest absolute Gasteiger partial charge is 0.136 e. The number of hydrogen-bond acceptors (Lipinski definition) is 2. The zero-order valence-corrected chi connectivity index (χ0v) is 31.4. The van der Waals surface area contributed by atoms with Crippen LogP contribution in [0.15, 0.2) is 180 Å². The van der Waals surface area contributed by atoms with Crippen LogP contribution < -0.4 is 4.74 Å². The summed E-state index contributed by atoms with van der Waals surface area (Å²) in [4.78, 5) is 0. The Morgan fingerprint density at radius 2 is 1.22 bits per heavy atom. The summed E-state index contributed by atoms with van der Waals surface area (Å²) in [5.41, 5.74) is 21.8. The number of fused-ring (bicyclic) bond motifs is 22. The Bertz CT molecular complexity index is 3520. The molecule has 2 unspecified atom stereocenters. The summed E-state index contributed by atoms with van der Waals surface area (Å²) in [6.07, 6.45) is 9.72. The number of benzene rings is 8. The van der Waals surface area contributed by atoms with Gasteiger partial charge in [0.05, 0.1) is 11.0 Å². The summed E-state index contributed by atoms with van der Waals surface area (Å²) in [6, 6.07) is 56.2. The first-order valence-electron chi connectivity index (χ1n) is 20.3. The second-order valence-corrected chi connectivity index (χ2v) is 16.2. The van der Waals surface area contributed by atoms with Gasteiger partial charge in [-0.25, -0.2) is 0 Å². The largest absolute Gasteiger partial charge is 0.485 e. The summed E-state index contributed by atoms with van der Waals surface area (Å²) in [5, 5.41) is 4.77. The number of allylic oxidation sites excluding steroid dienone is 2. The van der Waals surface area contributed by atoms with Crippen LogP contribution in [-0.4, -0.2) is 10.7 Å². The molecule has 0 fully saturated rings. The van der Waals surface area contributed by atoms with Crippen LogP contribution in [0.1, 0.15) is 22.6 Å². The second-order valence-electron chi connectivity index (χ2n) is 16.2. The molecule has 0 N–H and O–H groups in total. The van der Waals surface area contributed by atoms with E-state index in [1.165, 1.54) is 94.1 Å². The van der Waals surface area contributed by atoms with E-state index < -0.39 is 0 Å². The Morgan fingerprint density at radius 1 is 0.466 bits per heavy atom. The normalized spacial score (nSPS) is 16.6. The maximum atomic E-state index is 6.80. The van der Waals surface area contributed by atoms with Gasteiger partial charge < -0.3 is 13.7 Å². The minimum Gasteiger partial charge on any atom is -0.485 e. The quantitative estimate of drug-likeness (QED) is 0.168. The van der Waals surface area contributed by atoms with Gasteiger partial charge in [-0.1, -0.05) is 103 Å². The molecule has 14 rings (SSSR count). The fourth-order valence-corrected chi connectivity index (χ4v) is 10.9. The molecular weight excluding hydrogens is 707 g/mol. The van der Waals surface area contributed by atoms with Crippen LogP contribution in [0.3, 0.4) is 0 Å². The van der Waals surface area contributed by atoms with Gasteiger partial charge in [-0.05, 0) is 140 Å². The van der Waals surface area contributed by atoms with E-state index in [2.05, 4.69) is 181 Å². The first kappa shape index (κ1) is 30.8. The number of rotatable bonds is 1. The number of furan rings is 1. The van der Waals surface area contributed by atoms with Gasteiger partial charge in [-0.15, -0.1) is 0 Å². The highest BCUT2D eigenvalue weighted by atomic mass is 16.5. The Labute approximate surface area is 334 Å². The summed E-state index contributed by atoms with van der Waals surface area (Å²) >= 11 is 0. The van der Waals surface area contributed by atoms with E-state index in [1.807, 2.05) is 0 Å². The summed E-state index contributed by atoms with van der Waals surface area (Å²) < 4.78 is 15.9. The van der Waals surface area contributed by atoms with Crippen molar-refractivity contribution in [3.63, 3.8) is 0 Å². The predicted octanol–water partition coefficient (Wildman–Crippen LogP) is 14.2. The second kappa shape index (κ2) is 11.1. The van der Waals surface area contributed by atoms with E-state index in [0.29, 0.717) is 0 Å². The molecule has 0 saturated carbocycles. The van der Waals surface area contributed by atoms with E-state index in [0.717, 1.165) is 39.8 Å². The number of para-hydroxylation sites is 3. The highest BCUT2D eigenvalue weighted by Crippen LogP contribution is 2.58. The predicted molar refractivity (Wildman–Crippen MR) is 237 cm³/mol. The van der Waals surface area contributed by atoms with Crippen molar-refractivity contribution >= 4 is 43.7 Å². The molecule has 270 valence electrons. The number of hydrogen-bond donors (Lipinski definition) is 0. The SMILES string of the molecule is C1=CC2Oc3ccc4c(c3C2C=C1)-c1cc2c3ccccc3n(-c3ccccc3)c2cc1-c1cc2c(cc1-c1c-4ccc3oc4ccccc4c13)-c1ccccc1C2. The Kier molecular flexibility index (Phi) is 5.92. The molecule has 58 heavy (non-hydrogen) atoms. The molecule has 1 aliphatic heterocycles. The van der Waals surface area contributed by atoms with E-state index >= 15 is 0 Å². The number of aromatic nitrogens is 1. The van der Waals surface area contributed by atoms with E-state index in [-0.39, 0.29) is 12.0 Å². The molecule has 3 nitrogen and oxygen atoms in total. The molecule has 0 bridgehead atoms. The van der Waals surface area contributed by atoms with Gasteiger partial charge in [0.2, 0.25) is 0 Å². The first-order chi connectivity index (χ1) is 28.8. The fraction of sp³-hybridized carbons (Fsp3) is 0.0545. The maximum Gasteiger partial charge on any atom is 0.136 e. The zero-order valence-electron chi connectivity index (χ0n) is 31.4. The highest BCUT2D eigenvalue weighted by Gasteiger charge is 2.38. The molecule has 2 aromatic heterocycles. The first-order valence-corrected chi connectivity index (χ1v) is 20.3. The summed E-state index contributed by atoms with van der Waals surface area (Å²) in [5.74, 6) is 1.06. The molecule has 3 heterocycles. The molecule has 3 aliphatic carbocycles. The molecule has 0 radical (unpaired) electrons. The minimum absolute atomic E-state index is 0.0436. The highest BCUT2D eigenvalue weighted by molar-refractivity contribution is 6.21. The van der Waals surface area contributed by atoms with E-state index in [9.17, 15) is 0 Å². The molecule has 4 aliphatic rings. The molecular formula is C55H33NO2. The van der Waals surface area contributed by atoms with Crippen LogP contribution in [0.25, 0.3) is 105 Å². The molecule has 3 heteroatoms. The van der Waals surface area contributed by atoms with Crippen LogP contribution in [-0.2, 0) is 6.42 Å². The van der Waals surface area contributed by atoms with Gasteiger partial charge in [0.15, 0.2) is 0 Å². The number of nitrogens with zero attached hydrogens (tertiary/aromatic N) is 1. The third-order valence-electron chi connectivity index (χ3n) is 13.3. The van der Waals surface area contributed by atoms with Crippen molar-refractivity contribution in [2.45, 2.75) is 18.4 Å². The lowest BCUT2D eigenvalue weighted by Crippen LogP contribution is -2.16. The lowest BCUT2D eigenvalue weighted by molar-refractivity contribution is 0.269. The lowest BCUT2D eigenvalue weighted by atomic mass is 9.75. The fourth-order valence-electron chi connectivity index (χ4n) is 10.9. The van der Waals surface area contributed by atoms with Crippen molar-refractivity contribution in [2.24, 2.45) is 0 Å². The van der Waals surface area contributed by atoms with Gasteiger partial charge in [0.25, 0.3) is 0 Å². The minimum atomic E-state index is -0.0436. The third-order valence-corrected chi connectivity index (χ3v) is 13.3. The molecule has 0 saturated heterocycles. The zero-order chi connectivity index (χ0) is 37.6. The van der Waals surface area contributed by atoms with Gasteiger partial charge in [-0.3, -0.25) is 0 Å². The standard InChI is InChI=1S/C55H33NO2/c1-2-13-33(14-3-1)56-46-19-9-6-16-35(46)43-29-45-42(30-47(43)56)41-27-32-26-31-12-4-5-15-34(31)40(32)28-44(41)52-36(22-24-50-54(52)38-17-7-10-20-48(38)57-50)37-23-25-51-55(53(37)45)39-18-8-11-21-49(39)58-51/h1-25,27-30,39,49H,26H2.